The molecule has 1 heterocycles. The lowest BCUT2D eigenvalue weighted by Gasteiger charge is -2.17. The zero-order valence-electron chi connectivity index (χ0n) is 13.5. The number of halogens is 1. The molecule has 7 heteroatoms. The number of benzene rings is 1. The molecule has 1 aromatic rings. The first-order valence-electron chi connectivity index (χ1n) is 7.98. The molecule has 1 aromatic carbocycles. The van der Waals surface area contributed by atoms with Crippen molar-refractivity contribution < 1.29 is 19.5 Å². The Morgan fingerprint density at radius 3 is 2.62 bits per heavy atom. The first-order chi connectivity index (χ1) is 11.4. The highest BCUT2D eigenvalue weighted by Crippen LogP contribution is 2.26. The van der Waals surface area contributed by atoms with Crippen molar-refractivity contribution in [3.05, 3.63) is 29.3 Å². The van der Waals surface area contributed by atoms with Gasteiger partial charge in [0.25, 0.3) is 0 Å². The fraction of sp³-hybridized carbons (Fsp3) is 0.471. The van der Waals surface area contributed by atoms with Gasteiger partial charge in [-0.3, -0.25) is 14.4 Å². The molecule has 0 spiro atoms. The average molecular weight is 353 g/mol. The minimum atomic E-state index is -0.914. The summed E-state index contributed by atoms with van der Waals surface area (Å²) in [4.78, 5) is 37.1. The summed E-state index contributed by atoms with van der Waals surface area (Å²) in [7, 11) is 0. The molecule has 24 heavy (non-hydrogen) atoms. The highest BCUT2D eigenvalue weighted by molar-refractivity contribution is 6.30. The Labute approximate surface area is 145 Å². The Kier molecular flexibility index (Phi) is 6.20. The first kappa shape index (κ1) is 18.3. The number of anilines is 1. The summed E-state index contributed by atoms with van der Waals surface area (Å²) in [6.45, 7) is 2.28. The topological polar surface area (TPSA) is 86.7 Å². The fourth-order valence-corrected chi connectivity index (χ4v) is 2.91. The number of carboxylic acids is 1. The normalized spacial score (nSPS) is 18.5. The van der Waals surface area contributed by atoms with E-state index in [1.807, 2.05) is 6.92 Å². The Morgan fingerprint density at radius 2 is 2.04 bits per heavy atom. The van der Waals surface area contributed by atoms with E-state index in [0.717, 1.165) is 6.42 Å². The molecule has 0 aliphatic carbocycles. The molecule has 0 bridgehead atoms. The number of nitrogens with one attached hydrogen (secondary N) is 1. The Hall–Kier alpha value is -2.08. The molecule has 1 fully saturated rings. The molecule has 1 aliphatic rings. The second kappa shape index (κ2) is 8.15. The summed E-state index contributed by atoms with van der Waals surface area (Å²) < 4.78 is 0. The quantitative estimate of drug-likeness (QED) is 0.788. The molecule has 0 aromatic heterocycles. The Balaban J connectivity index is 1.93. The minimum Gasteiger partial charge on any atom is -0.481 e. The van der Waals surface area contributed by atoms with Crippen molar-refractivity contribution in [3.8, 4) is 0 Å². The van der Waals surface area contributed by atoms with Crippen LogP contribution < -0.4 is 10.2 Å². The van der Waals surface area contributed by atoms with Crippen LogP contribution in [0, 0.1) is 11.8 Å². The van der Waals surface area contributed by atoms with Crippen molar-refractivity contribution in [3.63, 3.8) is 0 Å². The fourth-order valence-electron chi connectivity index (χ4n) is 2.78. The summed E-state index contributed by atoms with van der Waals surface area (Å²) in [5.41, 5.74) is 0.703. The van der Waals surface area contributed by atoms with E-state index in [1.165, 1.54) is 0 Å². The number of carbonyl (C=O) groups is 3. The molecular formula is C17H21ClN2O4. The maximum absolute atomic E-state index is 12.2. The van der Waals surface area contributed by atoms with Gasteiger partial charge in [0.15, 0.2) is 0 Å². The summed E-state index contributed by atoms with van der Waals surface area (Å²) >= 11 is 5.84. The third-order valence-electron chi connectivity index (χ3n) is 4.14. The van der Waals surface area contributed by atoms with Crippen LogP contribution >= 0.6 is 11.6 Å². The van der Waals surface area contributed by atoms with E-state index in [0.29, 0.717) is 17.1 Å². The molecule has 2 rings (SSSR count). The molecule has 6 nitrogen and oxygen atoms in total. The number of rotatable bonds is 7. The maximum Gasteiger partial charge on any atom is 0.308 e. The van der Waals surface area contributed by atoms with Crippen LogP contribution in [0.5, 0.6) is 0 Å². The number of hydrogen-bond acceptors (Lipinski definition) is 3. The molecule has 130 valence electrons. The van der Waals surface area contributed by atoms with Crippen LogP contribution in [0.1, 0.15) is 26.2 Å². The van der Waals surface area contributed by atoms with Gasteiger partial charge in [0.05, 0.1) is 11.8 Å². The number of carbonyl (C=O) groups excluding carboxylic acids is 2. The molecule has 2 unspecified atom stereocenters. The molecule has 0 saturated carbocycles. The van der Waals surface area contributed by atoms with Gasteiger partial charge >= 0.3 is 5.97 Å². The van der Waals surface area contributed by atoms with E-state index in [9.17, 15) is 14.4 Å². The number of nitrogens with zero attached hydrogens (tertiary/aromatic N) is 1. The van der Waals surface area contributed by atoms with E-state index in [-0.39, 0.29) is 31.3 Å². The lowest BCUT2D eigenvalue weighted by atomic mass is 10.0. The number of hydrogen-bond donors (Lipinski definition) is 2. The third-order valence-corrected chi connectivity index (χ3v) is 4.40. The summed E-state index contributed by atoms with van der Waals surface area (Å²) in [6, 6.07) is 6.87. The number of aliphatic carboxylic acids is 1. The van der Waals surface area contributed by atoms with Gasteiger partial charge in [-0.05, 0) is 30.7 Å². The van der Waals surface area contributed by atoms with Crippen molar-refractivity contribution >= 4 is 35.1 Å². The maximum atomic E-state index is 12.2. The molecule has 2 N–H and O–H groups in total. The SMILES string of the molecule is CCCC(CNC(=O)C1CC(=O)N(c2ccc(Cl)cc2)C1)C(=O)O. The minimum absolute atomic E-state index is 0.0909. The lowest BCUT2D eigenvalue weighted by molar-refractivity contribution is -0.142. The zero-order valence-corrected chi connectivity index (χ0v) is 14.3. The van der Waals surface area contributed by atoms with E-state index in [4.69, 9.17) is 16.7 Å². The highest BCUT2D eigenvalue weighted by Gasteiger charge is 2.35. The van der Waals surface area contributed by atoms with Crippen molar-refractivity contribution in [1.29, 1.82) is 0 Å². The second-order valence-electron chi connectivity index (χ2n) is 5.95. The van der Waals surface area contributed by atoms with Crippen molar-refractivity contribution in [1.82, 2.24) is 5.32 Å². The van der Waals surface area contributed by atoms with Crippen LogP contribution in [0.2, 0.25) is 5.02 Å². The largest absolute Gasteiger partial charge is 0.481 e. The summed E-state index contributed by atoms with van der Waals surface area (Å²) in [6.07, 6.45) is 1.37. The number of carboxylic acid groups (broad SMARTS) is 1. The molecular weight excluding hydrogens is 332 g/mol. The van der Waals surface area contributed by atoms with Gasteiger partial charge in [0.2, 0.25) is 11.8 Å². The van der Waals surface area contributed by atoms with E-state index in [2.05, 4.69) is 5.32 Å². The van der Waals surface area contributed by atoms with Crippen molar-refractivity contribution in [2.45, 2.75) is 26.2 Å². The Bertz CT molecular complexity index is 618. The van der Waals surface area contributed by atoms with Crippen molar-refractivity contribution in [2.75, 3.05) is 18.0 Å². The molecule has 0 radical (unpaired) electrons. The molecule has 1 aliphatic heterocycles. The third kappa shape index (κ3) is 4.47. The van der Waals surface area contributed by atoms with E-state index < -0.39 is 17.8 Å². The average Bonchev–Trinajstić information content (AvgIpc) is 2.93. The van der Waals surface area contributed by atoms with Crippen LogP contribution in [0.4, 0.5) is 5.69 Å². The van der Waals surface area contributed by atoms with Crippen LogP contribution in [0.15, 0.2) is 24.3 Å². The van der Waals surface area contributed by atoms with Gasteiger partial charge in [-0.1, -0.05) is 24.9 Å². The molecule has 2 amide bonds. The smallest absolute Gasteiger partial charge is 0.308 e. The van der Waals surface area contributed by atoms with Gasteiger partial charge in [0.1, 0.15) is 0 Å². The van der Waals surface area contributed by atoms with Gasteiger partial charge in [-0.25, -0.2) is 0 Å². The molecule has 1 saturated heterocycles. The summed E-state index contributed by atoms with van der Waals surface area (Å²) in [5, 5.41) is 12.4. The standard InChI is InChI=1S/C17H21ClN2O4/c1-2-3-11(17(23)24)9-19-16(22)12-8-15(21)20(10-12)14-6-4-13(18)5-7-14/h4-7,11-12H,2-3,8-10H2,1H3,(H,19,22)(H,23,24). The van der Waals surface area contributed by atoms with Gasteiger partial charge < -0.3 is 15.3 Å². The predicted molar refractivity (Wildman–Crippen MR) is 91.0 cm³/mol. The Morgan fingerprint density at radius 1 is 1.38 bits per heavy atom. The zero-order chi connectivity index (χ0) is 17.7. The van der Waals surface area contributed by atoms with Crippen LogP contribution in [-0.4, -0.2) is 36.0 Å². The number of amides is 2. The first-order valence-corrected chi connectivity index (χ1v) is 8.36. The van der Waals surface area contributed by atoms with Gasteiger partial charge in [0, 0.05) is 30.2 Å². The van der Waals surface area contributed by atoms with Gasteiger partial charge in [-0.15, -0.1) is 0 Å². The predicted octanol–water partition coefficient (Wildman–Crippen LogP) is 2.31. The van der Waals surface area contributed by atoms with E-state index in [1.54, 1.807) is 29.2 Å². The highest BCUT2D eigenvalue weighted by atomic mass is 35.5. The lowest BCUT2D eigenvalue weighted by Crippen LogP contribution is -2.37. The van der Waals surface area contributed by atoms with Crippen LogP contribution in [-0.2, 0) is 14.4 Å². The van der Waals surface area contributed by atoms with Crippen molar-refractivity contribution in [2.24, 2.45) is 11.8 Å². The molecule has 2 atom stereocenters. The monoisotopic (exact) mass is 352 g/mol. The second-order valence-corrected chi connectivity index (χ2v) is 6.39. The summed E-state index contributed by atoms with van der Waals surface area (Å²) in [5.74, 6) is -2.38. The van der Waals surface area contributed by atoms with Crippen LogP contribution in [0.3, 0.4) is 0 Å². The van der Waals surface area contributed by atoms with E-state index >= 15 is 0 Å². The van der Waals surface area contributed by atoms with Crippen LogP contribution in [0.25, 0.3) is 0 Å². The van der Waals surface area contributed by atoms with Gasteiger partial charge in [-0.2, -0.15) is 0 Å².